The molecule has 0 heterocycles. The van der Waals surface area contributed by atoms with Crippen LogP contribution in [0.15, 0.2) is 0 Å². The average molecular weight is 156 g/mol. The van der Waals surface area contributed by atoms with Crippen molar-refractivity contribution in [3.05, 3.63) is 0 Å². The van der Waals surface area contributed by atoms with E-state index in [9.17, 15) is 10.2 Å². The van der Waals surface area contributed by atoms with Gasteiger partial charge >= 0.3 is 0 Å². The van der Waals surface area contributed by atoms with E-state index < -0.39 is 0 Å². The molecular formula is C9H16O2. The van der Waals surface area contributed by atoms with Crippen molar-refractivity contribution in [2.75, 3.05) is 0 Å². The molecule has 0 aromatic rings. The number of hydrogen-bond donors (Lipinski definition) is 2. The Morgan fingerprint density at radius 1 is 1.09 bits per heavy atom. The van der Waals surface area contributed by atoms with Crippen LogP contribution in [0.5, 0.6) is 0 Å². The lowest BCUT2D eigenvalue weighted by Crippen LogP contribution is -2.48. The van der Waals surface area contributed by atoms with Crippen LogP contribution in [0.1, 0.15) is 38.5 Å². The lowest BCUT2D eigenvalue weighted by Gasteiger charge is -2.50. The van der Waals surface area contributed by atoms with Gasteiger partial charge in [0.15, 0.2) is 0 Å². The number of hydrogen-bond acceptors (Lipinski definition) is 2. The van der Waals surface area contributed by atoms with Crippen LogP contribution < -0.4 is 0 Å². The van der Waals surface area contributed by atoms with Crippen molar-refractivity contribution in [3.8, 4) is 0 Å². The Kier molecular flexibility index (Phi) is 1.69. The highest BCUT2D eigenvalue weighted by Crippen LogP contribution is 2.51. The summed E-state index contributed by atoms with van der Waals surface area (Å²) < 4.78 is 0. The standard InChI is InChI=1S/C9H16O2/c10-7-2-1-4-9(6-7)5-3-8(9)11/h7-8,10-11H,1-6H2. The molecule has 2 fully saturated rings. The van der Waals surface area contributed by atoms with E-state index in [0.29, 0.717) is 0 Å². The first-order valence-electron chi connectivity index (χ1n) is 4.59. The van der Waals surface area contributed by atoms with Gasteiger partial charge in [0, 0.05) is 0 Å². The maximum absolute atomic E-state index is 9.53. The maximum Gasteiger partial charge on any atom is 0.0597 e. The molecule has 0 aromatic heterocycles. The summed E-state index contributed by atoms with van der Waals surface area (Å²) in [6.07, 6.45) is 5.83. The second-order valence-corrected chi connectivity index (χ2v) is 4.17. The lowest BCUT2D eigenvalue weighted by molar-refractivity contribution is -0.113. The van der Waals surface area contributed by atoms with Crippen molar-refractivity contribution in [2.45, 2.75) is 50.7 Å². The summed E-state index contributed by atoms with van der Waals surface area (Å²) in [5, 5.41) is 18.9. The first-order chi connectivity index (χ1) is 5.23. The Morgan fingerprint density at radius 3 is 2.27 bits per heavy atom. The molecular weight excluding hydrogens is 140 g/mol. The molecule has 2 nitrogen and oxygen atoms in total. The predicted molar refractivity (Wildman–Crippen MR) is 42.1 cm³/mol. The molecule has 1 spiro atoms. The second kappa shape index (κ2) is 2.46. The summed E-state index contributed by atoms with van der Waals surface area (Å²) in [6, 6.07) is 0. The first-order valence-corrected chi connectivity index (χ1v) is 4.59. The van der Waals surface area contributed by atoms with Crippen LogP contribution in [0.3, 0.4) is 0 Å². The van der Waals surface area contributed by atoms with Crippen molar-refractivity contribution in [1.82, 2.24) is 0 Å². The largest absolute Gasteiger partial charge is 0.393 e. The molecule has 2 N–H and O–H groups in total. The van der Waals surface area contributed by atoms with Gasteiger partial charge in [0.1, 0.15) is 0 Å². The summed E-state index contributed by atoms with van der Waals surface area (Å²) in [4.78, 5) is 0. The van der Waals surface area contributed by atoms with Gasteiger partial charge in [0.25, 0.3) is 0 Å². The molecule has 2 rings (SSSR count). The van der Waals surface area contributed by atoms with E-state index in [1.165, 1.54) is 0 Å². The van der Waals surface area contributed by atoms with Crippen molar-refractivity contribution in [3.63, 3.8) is 0 Å². The normalized spacial score (nSPS) is 50.7. The summed E-state index contributed by atoms with van der Waals surface area (Å²) in [5.41, 5.74) is 0.137. The van der Waals surface area contributed by atoms with Gasteiger partial charge in [-0.15, -0.1) is 0 Å². The Hall–Kier alpha value is -0.0800. The fraction of sp³-hybridized carbons (Fsp3) is 1.00. The molecule has 0 saturated heterocycles. The molecule has 0 amide bonds. The van der Waals surface area contributed by atoms with Crippen LogP contribution in [-0.2, 0) is 0 Å². The SMILES string of the molecule is OC1CCCC2(CCC2O)C1. The zero-order chi connectivity index (χ0) is 7.90. The van der Waals surface area contributed by atoms with Gasteiger partial charge in [-0.05, 0) is 37.5 Å². The minimum Gasteiger partial charge on any atom is -0.393 e. The van der Waals surface area contributed by atoms with Gasteiger partial charge in [-0.3, -0.25) is 0 Å². The molecule has 0 aliphatic heterocycles. The highest BCUT2D eigenvalue weighted by Gasteiger charge is 2.47. The zero-order valence-corrected chi connectivity index (χ0v) is 6.79. The van der Waals surface area contributed by atoms with Crippen molar-refractivity contribution >= 4 is 0 Å². The first kappa shape index (κ1) is 7.56. The fourth-order valence-electron chi connectivity index (χ4n) is 2.57. The molecule has 2 aliphatic rings. The Bertz CT molecular complexity index is 158. The number of aliphatic hydroxyl groups is 2. The summed E-state index contributed by atoms with van der Waals surface area (Å²) in [7, 11) is 0. The van der Waals surface area contributed by atoms with Crippen LogP contribution >= 0.6 is 0 Å². The topological polar surface area (TPSA) is 40.5 Å². The third-order valence-electron chi connectivity index (χ3n) is 3.48. The Balaban J connectivity index is 2.01. The van der Waals surface area contributed by atoms with Crippen LogP contribution in [0, 0.1) is 5.41 Å². The summed E-state index contributed by atoms with van der Waals surface area (Å²) in [6.45, 7) is 0. The molecule has 2 saturated carbocycles. The van der Waals surface area contributed by atoms with Crippen molar-refractivity contribution < 1.29 is 10.2 Å². The van der Waals surface area contributed by atoms with E-state index in [0.717, 1.165) is 38.5 Å². The van der Waals surface area contributed by atoms with Gasteiger partial charge < -0.3 is 10.2 Å². The van der Waals surface area contributed by atoms with Gasteiger partial charge in [0.05, 0.1) is 12.2 Å². The second-order valence-electron chi connectivity index (χ2n) is 4.17. The van der Waals surface area contributed by atoms with Gasteiger partial charge in [0.2, 0.25) is 0 Å². The van der Waals surface area contributed by atoms with Crippen molar-refractivity contribution in [2.24, 2.45) is 5.41 Å². The molecule has 2 heteroatoms. The molecule has 11 heavy (non-hydrogen) atoms. The number of rotatable bonds is 0. The van der Waals surface area contributed by atoms with Crippen molar-refractivity contribution in [1.29, 1.82) is 0 Å². The van der Waals surface area contributed by atoms with Crippen LogP contribution in [0.2, 0.25) is 0 Å². The summed E-state index contributed by atoms with van der Waals surface area (Å²) >= 11 is 0. The van der Waals surface area contributed by atoms with E-state index >= 15 is 0 Å². The van der Waals surface area contributed by atoms with E-state index in [4.69, 9.17) is 0 Å². The highest BCUT2D eigenvalue weighted by molar-refractivity contribution is 4.99. The van der Waals surface area contributed by atoms with E-state index in [1.54, 1.807) is 0 Å². The van der Waals surface area contributed by atoms with Crippen LogP contribution in [0.4, 0.5) is 0 Å². The van der Waals surface area contributed by atoms with Gasteiger partial charge in [-0.2, -0.15) is 0 Å². The zero-order valence-electron chi connectivity index (χ0n) is 6.79. The quantitative estimate of drug-likeness (QED) is 0.550. The molecule has 0 bridgehead atoms. The van der Waals surface area contributed by atoms with E-state index in [-0.39, 0.29) is 17.6 Å². The molecule has 2 aliphatic carbocycles. The molecule has 3 atom stereocenters. The third kappa shape index (κ3) is 1.09. The maximum atomic E-state index is 9.53. The van der Waals surface area contributed by atoms with E-state index in [1.807, 2.05) is 0 Å². The highest BCUT2D eigenvalue weighted by atomic mass is 16.3. The minimum atomic E-state index is -0.140. The Labute approximate surface area is 67.2 Å². The van der Waals surface area contributed by atoms with E-state index in [2.05, 4.69) is 0 Å². The monoisotopic (exact) mass is 156 g/mol. The molecule has 0 radical (unpaired) electrons. The van der Waals surface area contributed by atoms with Gasteiger partial charge in [-0.1, -0.05) is 6.42 Å². The van der Waals surface area contributed by atoms with Crippen LogP contribution in [0.25, 0.3) is 0 Å². The minimum absolute atomic E-state index is 0.113. The Morgan fingerprint density at radius 2 is 1.91 bits per heavy atom. The number of aliphatic hydroxyl groups excluding tert-OH is 2. The van der Waals surface area contributed by atoms with Crippen LogP contribution in [-0.4, -0.2) is 22.4 Å². The molecule has 0 aromatic carbocycles. The third-order valence-corrected chi connectivity index (χ3v) is 3.48. The smallest absolute Gasteiger partial charge is 0.0597 e. The molecule has 3 unspecified atom stereocenters. The fourth-order valence-corrected chi connectivity index (χ4v) is 2.57. The lowest BCUT2D eigenvalue weighted by atomic mass is 9.58. The predicted octanol–water partition coefficient (Wildman–Crippen LogP) is 1.06. The van der Waals surface area contributed by atoms with Gasteiger partial charge in [-0.25, -0.2) is 0 Å². The summed E-state index contributed by atoms with van der Waals surface area (Å²) in [5.74, 6) is 0. The molecule has 64 valence electrons. The average Bonchev–Trinajstić information content (AvgIpc) is 2.02.